The van der Waals surface area contributed by atoms with Crippen LogP contribution in [0.1, 0.15) is 35.6 Å². The number of esters is 1. The van der Waals surface area contributed by atoms with Gasteiger partial charge in [0.05, 0.1) is 13.2 Å². The summed E-state index contributed by atoms with van der Waals surface area (Å²) < 4.78 is 4.54. The second kappa shape index (κ2) is 5.66. The third kappa shape index (κ3) is 3.07. The number of aryl methyl sites for hydroxylation is 1. The molecule has 1 aromatic rings. The zero-order valence-electron chi connectivity index (χ0n) is 9.99. The first-order valence-corrected chi connectivity index (χ1v) is 5.37. The van der Waals surface area contributed by atoms with Crippen LogP contribution in [0.2, 0.25) is 0 Å². The lowest BCUT2D eigenvalue weighted by atomic mass is 9.97. The standard InChI is InChI=1S/C13H18O3/c1-9-5-4-6-11(10(9)2)12(14)7-8-13(15)16-3/h4-6,12,14H,7-8H2,1-3H3. The average molecular weight is 222 g/mol. The summed E-state index contributed by atoms with van der Waals surface area (Å²) >= 11 is 0. The van der Waals surface area contributed by atoms with E-state index in [9.17, 15) is 9.90 Å². The summed E-state index contributed by atoms with van der Waals surface area (Å²) in [5, 5.41) is 9.96. The van der Waals surface area contributed by atoms with Gasteiger partial charge in [0.15, 0.2) is 0 Å². The number of aliphatic hydroxyl groups excluding tert-OH is 1. The van der Waals surface area contributed by atoms with Crippen LogP contribution in [-0.4, -0.2) is 18.2 Å². The van der Waals surface area contributed by atoms with E-state index in [0.717, 1.165) is 16.7 Å². The molecule has 0 aliphatic heterocycles. The molecule has 0 bridgehead atoms. The Kier molecular flexibility index (Phi) is 4.50. The third-order valence-corrected chi connectivity index (χ3v) is 2.86. The van der Waals surface area contributed by atoms with Crippen molar-refractivity contribution in [2.75, 3.05) is 7.11 Å². The molecule has 16 heavy (non-hydrogen) atoms. The quantitative estimate of drug-likeness (QED) is 0.795. The maximum Gasteiger partial charge on any atom is 0.305 e. The number of methoxy groups -OCH3 is 1. The smallest absolute Gasteiger partial charge is 0.305 e. The molecule has 1 atom stereocenters. The Morgan fingerprint density at radius 3 is 2.75 bits per heavy atom. The Bertz CT molecular complexity index is 371. The van der Waals surface area contributed by atoms with Gasteiger partial charge in [0.25, 0.3) is 0 Å². The molecule has 1 N–H and O–H groups in total. The summed E-state index contributed by atoms with van der Waals surface area (Å²) in [6.07, 6.45) is 0.0427. The summed E-state index contributed by atoms with van der Waals surface area (Å²) in [4.78, 5) is 11.0. The average Bonchev–Trinajstić information content (AvgIpc) is 2.29. The lowest BCUT2D eigenvalue weighted by Crippen LogP contribution is -2.06. The number of carbonyl (C=O) groups excluding carboxylic acids is 1. The molecule has 0 aromatic heterocycles. The third-order valence-electron chi connectivity index (χ3n) is 2.86. The van der Waals surface area contributed by atoms with Gasteiger partial charge in [-0.3, -0.25) is 4.79 Å². The number of carbonyl (C=O) groups is 1. The number of benzene rings is 1. The fourth-order valence-corrected chi connectivity index (χ4v) is 1.65. The summed E-state index contributed by atoms with van der Waals surface area (Å²) in [7, 11) is 1.35. The van der Waals surface area contributed by atoms with Crippen LogP contribution in [0.5, 0.6) is 0 Å². The molecule has 0 fully saturated rings. The van der Waals surface area contributed by atoms with Crippen LogP contribution in [0.25, 0.3) is 0 Å². The van der Waals surface area contributed by atoms with E-state index in [1.807, 2.05) is 32.0 Å². The highest BCUT2D eigenvalue weighted by molar-refractivity contribution is 5.69. The molecular formula is C13H18O3. The van der Waals surface area contributed by atoms with Gasteiger partial charge in [-0.2, -0.15) is 0 Å². The summed E-state index contributed by atoms with van der Waals surface area (Å²) in [5.41, 5.74) is 3.12. The van der Waals surface area contributed by atoms with Crippen molar-refractivity contribution in [3.05, 3.63) is 34.9 Å². The van der Waals surface area contributed by atoms with Crippen molar-refractivity contribution in [2.45, 2.75) is 32.8 Å². The summed E-state index contributed by atoms with van der Waals surface area (Å²) in [6.45, 7) is 3.98. The number of ether oxygens (including phenoxy) is 1. The van der Waals surface area contributed by atoms with Crippen molar-refractivity contribution >= 4 is 5.97 Å². The molecule has 1 rings (SSSR count). The number of aliphatic hydroxyl groups is 1. The van der Waals surface area contributed by atoms with Gasteiger partial charge >= 0.3 is 5.97 Å². The Morgan fingerprint density at radius 1 is 1.44 bits per heavy atom. The van der Waals surface area contributed by atoms with E-state index in [-0.39, 0.29) is 12.4 Å². The van der Waals surface area contributed by atoms with Gasteiger partial charge in [-0.25, -0.2) is 0 Å². The maximum atomic E-state index is 11.0. The van der Waals surface area contributed by atoms with E-state index in [4.69, 9.17) is 0 Å². The van der Waals surface area contributed by atoms with Gasteiger partial charge in [0, 0.05) is 6.42 Å². The van der Waals surface area contributed by atoms with E-state index < -0.39 is 6.10 Å². The molecule has 0 spiro atoms. The Balaban J connectivity index is 2.69. The fraction of sp³-hybridized carbons (Fsp3) is 0.462. The second-order valence-corrected chi connectivity index (χ2v) is 3.92. The number of hydrogen-bond acceptors (Lipinski definition) is 3. The number of rotatable bonds is 4. The summed E-state index contributed by atoms with van der Waals surface area (Å²) in [5.74, 6) is -0.288. The molecule has 0 saturated heterocycles. The van der Waals surface area contributed by atoms with Crippen molar-refractivity contribution in [1.29, 1.82) is 0 Å². The van der Waals surface area contributed by atoms with Gasteiger partial charge in [-0.1, -0.05) is 18.2 Å². The monoisotopic (exact) mass is 222 g/mol. The normalized spacial score (nSPS) is 12.2. The molecule has 1 unspecified atom stereocenters. The molecule has 0 saturated carbocycles. The molecule has 0 aliphatic carbocycles. The Morgan fingerprint density at radius 2 is 2.12 bits per heavy atom. The first-order valence-electron chi connectivity index (χ1n) is 5.37. The Hall–Kier alpha value is -1.35. The van der Waals surface area contributed by atoms with E-state index in [0.29, 0.717) is 6.42 Å². The van der Waals surface area contributed by atoms with Crippen LogP contribution in [-0.2, 0) is 9.53 Å². The van der Waals surface area contributed by atoms with E-state index >= 15 is 0 Å². The van der Waals surface area contributed by atoms with Gasteiger partial charge in [-0.15, -0.1) is 0 Å². The van der Waals surface area contributed by atoms with Crippen LogP contribution < -0.4 is 0 Å². The lowest BCUT2D eigenvalue weighted by molar-refractivity contribution is -0.141. The van der Waals surface area contributed by atoms with Crippen LogP contribution in [0.3, 0.4) is 0 Å². The fourth-order valence-electron chi connectivity index (χ4n) is 1.65. The van der Waals surface area contributed by atoms with E-state index in [2.05, 4.69) is 4.74 Å². The van der Waals surface area contributed by atoms with Crippen LogP contribution in [0.15, 0.2) is 18.2 Å². The SMILES string of the molecule is COC(=O)CCC(O)c1cccc(C)c1C. The van der Waals surface area contributed by atoms with Crippen molar-refractivity contribution in [3.8, 4) is 0 Å². The van der Waals surface area contributed by atoms with Gasteiger partial charge < -0.3 is 9.84 Å². The summed E-state index contributed by atoms with van der Waals surface area (Å²) in [6, 6.07) is 5.81. The van der Waals surface area contributed by atoms with E-state index in [1.54, 1.807) is 0 Å². The van der Waals surface area contributed by atoms with E-state index in [1.165, 1.54) is 7.11 Å². The highest BCUT2D eigenvalue weighted by Crippen LogP contribution is 2.23. The first kappa shape index (κ1) is 12.7. The minimum absolute atomic E-state index is 0.241. The molecule has 88 valence electrons. The Labute approximate surface area is 96.1 Å². The molecule has 0 heterocycles. The minimum atomic E-state index is -0.598. The topological polar surface area (TPSA) is 46.5 Å². The van der Waals surface area contributed by atoms with Gasteiger partial charge in [-0.05, 0) is 37.0 Å². The molecule has 3 heteroatoms. The number of hydrogen-bond donors (Lipinski definition) is 1. The van der Waals surface area contributed by atoms with Crippen LogP contribution >= 0.6 is 0 Å². The van der Waals surface area contributed by atoms with Crippen molar-refractivity contribution < 1.29 is 14.6 Å². The van der Waals surface area contributed by atoms with Crippen LogP contribution in [0.4, 0.5) is 0 Å². The maximum absolute atomic E-state index is 11.0. The van der Waals surface area contributed by atoms with Gasteiger partial charge in [0.1, 0.15) is 0 Å². The zero-order chi connectivity index (χ0) is 12.1. The predicted molar refractivity (Wildman–Crippen MR) is 62.1 cm³/mol. The first-order chi connectivity index (χ1) is 7.56. The molecular weight excluding hydrogens is 204 g/mol. The second-order valence-electron chi connectivity index (χ2n) is 3.92. The molecule has 3 nitrogen and oxygen atoms in total. The van der Waals surface area contributed by atoms with Crippen LogP contribution in [0, 0.1) is 13.8 Å². The van der Waals surface area contributed by atoms with Gasteiger partial charge in [0.2, 0.25) is 0 Å². The molecule has 0 aliphatic rings. The largest absolute Gasteiger partial charge is 0.469 e. The predicted octanol–water partition coefficient (Wildman–Crippen LogP) is 2.29. The highest BCUT2D eigenvalue weighted by Gasteiger charge is 2.13. The highest BCUT2D eigenvalue weighted by atomic mass is 16.5. The lowest BCUT2D eigenvalue weighted by Gasteiger charge is -2.14. The molecule has 0 amide bonds. The van der Waals surface area contributed by atoms with Crippen molar-refractivity contribution in [1.82, 2.24) is 0 Å². The zero-order valence-corrected chi connectivity index (χ0v) is 9.99. The van der Waals surface area contributed by atoms with Crippen molar-refractivity contribution in [2.24, 2.45) is 0 Å². The van der Waals surface area contributed by atoms with Crippen molar-refractivity contribution in [3.63, 3.8) is 0 Å². The minimum Gasteiger partial charge on any atom is -0.469 e. The molecule has 0 radical (unpaired) electrons. The molecule has 1 aromatic carbocycles.